The molecule has 0 aliphatic carbocycles. The fraction of sp³-hybridized carbons (Fsp3) is 0.714. The Morgan fingerprint density at radius 3 is 2.54 bits per heavy atom. The Bertz CT molecular complexity index is 183. The van der Waals surface area contributed by atoms with Gasteiger partial charge in [0, 0.05) is 26.6 Å². The van der Waals surface area contributed by atoms with Gasteiger partial charge in [-0.05, 0) is 0 Å². The quantitative estimate of drug-likeness (QED) is 0.383. The molecule has 0 aromatic heterocycles. The van der Waals surface area contributed by atoms with Crippen molar-refractivity contribution in [2.45, 2.75) is 12.5 Å². The van der Waals surface area contributed by atoms with E-state index in [1.54, 1.807) is 0 Å². The molecule has 0 bridgehead atoms. The largest absolute Gasteiger partial charge is 0.359 e. The van der Waals surface area contributed by atoms with Crippen LogP contribution in [-0.2, 0) is 9.59 Å². The smallest absolute Gasteiger partial charge is 0.238 e. The molecule has 0 fully saturated rings. The van der Waals surface area contributed by atoms with Gasteiger partial charge in [0.2, 0.25) is 11.8 Å². The van der Waals surface area contributed by atoms with Gasteiger partial charge in [-0.3, -0.25) is 9.59 Å². The first-order chi connectivity index (χ1) is 6.11. The summed E-state index contributed by atoms with van der Waals surface area (Å²) in [5.41, 5.74) is 10.5. The number of amides is 2. The lowest BCUT2D eigenvalue weighted by molar-refractivity contribution is -0.122. The second kappa shape index (κ2) is 6.38. The van der Waals surface area contributed by atoms with Crippen LogP contribution >= 0.6 is 0 Å². The third-order valence-electron chi connectivity index (χ3n) is 1.52. The van der Waals surface area contributed by atoms with E-state index < -0.39 is 6.04 Å². The molecule has 0 rings (SSSR count). The standard InChI is InChI=1S/C7H16N4O2/c1-10-6(12)2-3-11-7(13)5(9)4-8/h5H,2-4,8-9H2,1H3,(H,10,12)(H,11,13). The fourth-order valence-corrected chi connectivity index (χ4v) is 0.662. The van der Waals surface area contributed by atoms with E-state index in [9.17, 15) is 9.59 Å². The van der Waals surface area contributed by atoms with Crippen molar-refractivity contribution in [3.8, 4) is 0 Å². The Kier molecular flexibility index (Phi) is 5.82. The highest BCUT2D eigenvalue weighted by Gasteiger charge is 2.10. The molecule has 76 valence electrons. The number of rotatable bonds is 5. The van der Waals surface area contributed by atoms with Crippen molar-refractivity contribution < 1.29 is 9.59 Å². The molecule has 1 atom stereocenters. The van der Waals surface area contributed by atoms with Crippen molar-refractivity contribution >= 4 is 11.8 Å². The van der Waals surface area contributed by atoms with Crippen LogP contribution in [-0.4, -0.2) is 38.0 Å². The van der Waals surface area contributed by atoms with E-state index in [1.165, 1.54) is 7.05 Å². The van der Waals surface area contributed by atoms with Gasteiger partial charge in [-0.25, -0.2) is 0 Å². The van der Waals surface area contributed by atoms with Gasteiger partial charge in [0.15, 0.2) is 0 Å². The van der Waals surface area contributed by atoms with Crippen molar-refractivity contribution in [3.63, 3.8) is 0 Å². The van der Waals surface area contributed by atoms with Gasteiger partial charge in [-0.2, -0.15) is 0 Å². The number of nitrogens with two attached hydrogens (primary N) is 2. The normalized spacial score (nSPS) is 11.9. The van der Waals surface area contributed by atoms with Crippen molar-refractivity contribution in [1.29, 1.82) is 0 Å². The molecule has 0 aromatic carbocycles. The summed E-state index contributed by atoms with van der Waals surface area (Å²) >= 11 is 0. The molecule has 0 radical (unpaired) electrons. The molecule has 0 aliphatic rings. The van der Waals surface area contributed by atoms with E-state index in [4.69, 9.17) is 11.5 Å². The molecule has 6 N–H and O–H groups in total. The number of hydrogen-bond acceptors (Lipinski definition) is 4. The lowest BCUT2D eigenvalue weighted by atomic mass is 10.3. The molecule has 6 heteroatoms. The van der Waals surface area contributed by atoms with Crippen LogP contribution in [0.4, 0.5) is 0 Å². The zero-order valence-electron chi connectivity index (χ0n) is 7.67. The molecule has 0 spiro atoms. The molecular weight excluding hydrogens is 172 g/mol. The number of carbonyl (C=O) groups is 2. The minimum Gasteiger partial charge on any atom is -0.359 e. The Morgan fingerprint density at radius 1 is 1.46 bits per heavy atom. The van der Waals surface area contributed by atoms with Crippen LogP contribution in [0.15, 0.2) is 0 Å². The molecular formula is C7H16N4O2. The van der Waals surface area contributed by atoms with Crippen LogP contribution in [0.3, 0.4) is 0 Å². The Morgan fingerprint density at radius 2 is 2.08 bits per heavy atom. The molecule has 0 saturated heterocycles. The maximum atomic E-state index is 11.0. The average molecular weight is 188 g/mol. The maximum absolute atomic E-state index is 11.0. The topological polar surface area (TPSA) is 110 Å². The Hall–Kier alpha value is -1.14. The second-order valence-corrected chi connectivity index (χ2v) is 2.56. The van der Waals surface area contributed by atoms with Crippen molar-refractivity contribution in [1.82, 2.24) is 10.6 Å². The predicted octanol–water partition coefficient (Wildman–Crippen LogP) is -2.48. The third kappa shape index (κ3) is 5.15. The minimum absolute atomic E-state index is 0.103. The second-order valence-electron chi connectivity index (χ2n) is 2.56. The summed E-state index contributed by atoms with van der Waals surface area (Å²) in [6.45, 7) is 0.387. The van der Waals surface area contributed by atoms with Gasteiger partial charge in [0.1, 0.15) is 0 Å². The minimum atomic E-state index is -0.690. The van der Waals surface area contributed by atoms with Crippen LogP contribution in [0, 0.1) is 0 Å². The first-order valence-corrected chi connectivity index (χ1v) is 4.05. The summed E-state index contributed by atoms with van der Waals surface area (Å²) in [6.07, 6.45) is 0.250. The number of carbonyl (C=O) groups excluding carboxylic acids is 2. The monoisotopic (exact) mass is 188 g/mol. The van der Waals surface area contributed by atoms with Crippen LogP contribution in [0.2, 0.25) is 0 Å². The first-order valence-electron chi connectivity index (χ1n) is 4.05. The molecule has 1 unspecified atom stereocenters. The highest BCUT2D eigenvalue weighted by atomic mass is 16.2. The van der Waals surface area contributed by atoms with E-state index in [0.29, 0.717) is 0 Å². The van der Waals surface area contributed by atoms with E-state index in [0.717, 1.165) is 0 Å². The highest BCUT2D eigenvalue weighted by Crippen LogP contribution is 1.78. The lowest BCUT2D eigenvalue weighted by Crippen LogP contribution is -2.46. The number of hydrogen-bond donors (Lipinski definition) is 4. The van der Waals surface area contributed by atoms with Gasteiger partial charge < -0.3 is 22.1 Å². The van der Waals surface area contributed by atoms with Crippen LogP contribution in [0.25, 0.3) is 0 Å². The van der Waals surface area contributed by atoms with Gasteiger partial charge >= 0.3 is 0 Å². The van der Waals surface area contributed by atoms with Crippen molar-refractivity contribution in [2.24, 2.45) is 11.5 Å². The summed E-state index contributed by atoms with van der Waals surface area (Å²) in [6, 6.07) is -0.690. The average Bonchev–Trinajstić information content (AvgIpc) is 2.15. The Balaban J connectivity index is 3.53. The summed E-state index contributed by atoms with van der Waals surface area (Å²) in [5.74, 6) is -0.451. The molecule has 0 aliphatic heterocycles. The SMILES string of the molecule is CNC(=O)CCNC(=O)C(N)CN. The summed E-state index contributed by atoms with van der Waals surface area (Å²) in [5, 5.41) is 4.93. The van der Waals surface area contributed by atoms with Crippen LogP contribution < -0.4 is 22.1 Å². The lowest BCUT2D eigenvalue weighted by Gasteiger charge is -2.08. The highest BCUT2D eigenvalue weighted by molar-refractivity contribution is 5.82. The van der Waals surface area contributed by atoms with E-state index in [1.807, 2.05) is 0 Å². The molecule has 0 saturated carbocycles. The van der Waals surface area contributed by atoms with Gasteiger partial charge in [-0.15, -0.1) is 0 Å². The van der Waals surface area contributed by atoms with Gasteiger partial charge in [0.05, 0.1) is 6.04 Å². The third-order valence-corrected chi connectivity index (χ3v) is 1.52. The first kappa shape index (κ1) is 11.9. The molecule has 2 amide bonds. The van der Waals surface area contributed by atoms with E-state index in [-0.39, 0.29) is 31.3 Å². The fourth-order valence-electron chi connectivity index (χ4n) is 0.662. The number of nitrogens with one attached hydrogen (secondary N) is 2. The zero-order chi connectivity index (χ0) is 10.3. The maximum Gasteiger partial charge on any atom is 0.238 e. The van der Waals surface area contributed by atoms with E-state index in [2.05, 4.69) is 10.6 Å². The molecule has 13 heavy (non-hydrogen) atoms. The Labute approximate surface area is 77.0 Å². The van der Waals surface area contributed by atoms with Crippen LogP contribution in [0.5, 0.6) is 0 Å². The van der Waals surface area contributed by atoms with E-state index >= 15 is 0 Å². The zero-order valence-corrected chi connectivity index (χ0v) is 7.67. The molecule has 0 aromatic rings. The molecule has 6 nitrogen and oxygen atoms in total. The van der Waals surface area contributed by atoms with Crippen molar-refractivity contribution in [3.05, 3.63) is 0 Å². The molecule has 0 heterocycles. The summed E-state index contributed by atoms with van der Waals surface area (Å²) in [7, 11) is 1.54. The van der Waals surface area contributed by atoms with Gasteiger partial charge in [-0.1, -0.05) is 0 Å². The summed E-state index contributed by atoms with van der Waals surface area (Å²) < 4.78 is 0. The summed E-state index contributed by atoms with van der Waals surface area (Å²) in [4.78, 5) is 21.7. The van der Waals surface area contributed by atoms with Gasteiger partial charge in [0.25, 0.3) is 0 Å². The van der Waals surface area contributed by atoms with Crippen molar-refractivity contribution in [2.75, 3.05) is 20.1 Å². The predicted molar refractivity (Wildman–Crippen MR) is 48.7 cm³/mol. The van der Waals surface area contributed by atoms with Crippen LogP contribution in [0.1, 0.15) is 6.42 Å².